The molecule has 6 nitrogen and oxygen atoms in total. The van der Waals surface area contributed by atoms with E-state index in [1.807, 2.05) is 18.3 Å². The summed E-state index contributed by atoms with van der Waals surface area (Å²) in [7, 11) is 1.38. The van der Waals surface area contributed by atoms with Crippen LogP contribution >= 0.6 is 0 Å². The van der Waals surface area contributed by atoms with Crippen LogP contribution in [-0.4, -0.2) is 54.8 Å². The molecule has 0 bridgehead atoms. The van der Waals surface area contributed by atoms with Gasteiger partial charge in [0.1, 0.15) is 17.1 Å². The molecule has 1 N–H and O–H groups in total. The maximum atomic E-state index is 12.1. The van der Waals surface area contributed by atoms with Gasteiger partial charge in [0, 0.05) is 30.0 Å². The average molecular weight is 552 g/mol. The number of pyridine rings is 1. The number of aliphatic hydroxyl groups excluding tert-OH is 1. The van der Waals surface area contributed by atoms with Crippen molar-refractivity contribution >= 4 is 19.3 Å². The molecule has 3 atom stereocenters. The van der Waals surface area contributed by atoms with Gasteiger partial charge in [0.25, 0.3) is 0 Å². The lowest BCUT2D eigenvalue weighted by Crippen LogP contribution is -2.51. The van der Waals surface area contributed by atoms with Crippen molar-refractivity contribution in [1.29, 1.82) is 0 Å². The van der Waals surface area contributed by atoms with E-state index in [9.17, 15) is 5.11 Å². The number of benzene rings is 1. The van der Waals surface area contributed by atoms with Crippen LogP contribution < -0.4 is 9.47 Å². The number of rotatable bonds is 10. The fourth-order valence-corrected chi connectivity index (χ4v) is 14.2. The molecule has 0 radical (unpaired) electrons. The van der Waals surface area contributed by atoms with E-state index in [-0.39, 0.29) is 5.92 Å². The first kappa shape index (κ1) is 29.6. The minimum Gasteiger partial charge on any atom is -0.497 e. The lowest BCUT2D eigenvalue weighted by molar-refractivity contribution is 0.0147. The number of aliphatic hydroxyl groups is 1. The number of hydrogen-bond donors (Lipinski definition) is 1. The Morgan fingerprint density at radius 1 is 0.974 bits per heavy atom. The molecule has 1 aliphatic heterocycles. The summed E-state index contributed by atoms with van der Waals surface area (Å²) < 4.78 is 13.7. The molecule has 2 aromatic heterocycles. The summed E-state index contributed by atoms with van der Waals surface area (Å²) in [6.45, 7) is 19.3. The third kappa shape index (κ3) is 5.38. The van der Waals surface area contributed by atoms with Crippen LogP contribution in [-0.2, 0) is 6.54 Å². The summed E-state index contributed by atoms with van der Waals surface area (Å²) in [4.78, 5) is 7.43. The molecule has 7 heteroatoms. The molecule has 0 spiro atoms. The standard InChI is InChI=1S/C32H49N3O3Si/c1-21(2)39(22(3)4,23(5)6)35-17-15-27-30(29(38-9)18-33-32(27)35)31(36)28-20-34(16-14-24(28)7)19-25-10-12-26(37-8)13-11-25/h10-13,15,17-18,21-24,28,31,36H,14,16,19-20H2,1-9H3/t24-,28+,31?/m0/s1. The molecule has 3 aromatic rings. The lowest BCUT2D eigenvalue weighted by atomic mass is 9.80. The highest BCUT2D eigenvalue weighted by molar-refractivity contribution is 6.82. The Kier molecular flexibility index (Phi) is 9.14. The molecular weight excluding hydrogens is 502 g/mol. The molecule has 3 heterocycles. The van der Waals surface area contributed by atoms with E-state index in [0.717, 1.165) is 48.4 Å². The van der Waals surface area contributed by atoms with Gasteiger partial charge < -0.3 is 18.8 Å². The van der Waals surface area contributed by atoms with Gasteiger partial charge in [-0.15, -0.1) is 0 Å². The summed E-state index contributed by atoms with van der Waals surface area (Å²) in [5.74, 6) is 2.05. The highest BCUT2D eigenvalue weighted by Crippen LogP contribution is 2.46. The largest absolute Gasteiger partial charge is 0.497 e. The van der Waals surface area contributed by atoms with Crippen molar-refractivity contribution in [3.8, 4) is 11.5 Å². The molecule has 39 heavy (non-hydrogen) atoms. The molecule has 4 rings (SSSR count). The first-order valence-electron chi connectivity index (χ1n) is 14.6. The van der Waals surface area contributed by atoms with Crippen LogP contribution in [0.5, 0.6) is 11.5 Å². The molecule has 1 aliphatic rings. The molecule has 0 amide bonds. The Morgan fingerprint density at radius 2 is 1.62 bits per heavy atom. The Balaban J connectivity index is 1.71. The molecular formula is C32H49N3O3Si. The van der Waals surface area contributed by atoms with Crippen LogP contribution in [0.3, 0.4) is 0 Å². The van der Waals surface area contributed by atoms with Gasteiger partial charge in [0.05, 0.1) is 26.5 Å². The minimum absolute atomic E-state index is 0.0992. The Hall–Kier alpha value is -2.35. The number of piperidine rings is 1. The SMILES string of the molecule is COc1ccc(CN2CC[C@H](C)[C@H](C(O)c3c(OC)cnc4c3ccn4[Si](C(C)C)(C(C)C)C(C)C)C2)cc1. The van der Waals surface area contributed by atoms with Gasteiger partial charge in [0.15, 0.2) is 8.24 Å². The maximum absolute atomic E-state index is 12.1. The van der Waals surface area contributed by atoms with Crippen molar-refractivity contribution in [3.63, 3.8) is 0 Å². The van der Waals surface area contributed by atoms with Gasteiger partial charge in [0.2, 0.25) is 0 Å². The summed E-state index contributed by atoms with van der Waals surface area (Å²) in [6, 6.07) is 10.5. The van der Waals surface area contributed by atoms with Gasteiger partial charge in [-0.1, -0.05) is 60.6 Å². The number of aromatic nitrogens is 2. The number of likely N-dealkylation sites (tertiary alicyclic amines) is 1. The summed E-state index contributed by atoms with van der Waals surface area (Å²) in [5, 5.41) is 13.1. The van der Waals surface area contributed by atoms with Crippen LogP contribution in [0.4, 0.5) is 0 Å². The van der Waals surface area contributed by atoms with Gasteiger partial charge >= 0.3 is 0 Å². The van der Waals surface area contributed by atoms with E-state index in [2.05, 4.69) is 82.0 Å². The predicted molar refractivity (Wildman–Crippen MR) is 163 cm³/mol. The number of nitrogens with zero attached hydrogens (tertiary/aromatic N) is 3. The minimum atomic E-state index is -2.00. The van der Waals surface area contributed by atoms with E-state index < -0.39 is 14.3 Å². The van der Waals surface area contributed by atoms with Crippen molar-refractivity contribution in [2.75, 3.05) is 27.3 Å². The lowest BCUT2D eigenvalue weighted by Gasteiger charge is -2.44. The first-order valence-corrected chi connectivity index (χ1v) is 16.8. The second-order valence-corrected chi connectivity index (χ2v) is 18.2. The summed E-state index contributed by atoms with van der Waals surface area (Å²) >= 11 is 0. The predicted octanol–water partition coefficient (Wildman–Crippen LogP) is 7.27. The van der Waals surface area contributed by atoms with E-state index in [1.54, 1.807) is 14.2 Å². The van der Waals surface area contributed by atoms with Crippen LogP contribution in [0.15, 0.2) is 42.7 Å². The zero-order valence-electron chi connectivity index (χ0n) is 25.4. The zero-order valence-corrected chi connectivity index (χ0v) is 26.4. The smallest absolute Gasteiger partial charge is 0.171 e. The fraction of sp³-hybridized carbons (Fsp3) is 0.594. The number of fused-ring (bicyclic) bond motifs is 1. The molecule has 0 aliphatic carbocycles. The topological polar surface area (TPSA) is 59.8 Å². The number of methoxy groups -OCH3 is 2. The van der Waals surface area contributed by atoms with E-state index in [0.29, 0.717) is 28.3 Å². The van der Waals surface area contributed by atoms with Crippen LogP contribution in [0.2, 0.25) is 16.6 Å². The monoisotopic (exact) mass is 551 g/mol. The van der Waals surface area contributed by atoms with Crippen LogP contribution in [0.25, 0.3) is 11.0 Å². The third-order valence-electron chi connectivity index (χ3n) is 9.50. The second-order valence-electron chi connectivity index (χ2n) is 12.5. The van der Waals surface area contributed by atoms with Crippen molar-refractivity contribution in [2.45, 2.75) is 84.2 Å². The van der Waals surface area contributed by atoms with Gasteiger partial charge in [-0.05, 0) is 65.5 Å². The highest BCUT2D eigenvalue weighted by atomic mass is 28.3. The van der Waals surface area contributed by atoms with Crippen LogP contribution in [0, 0.1) is 11.8 Å². The van der Waals surface area contributed by atoms with Crippen molar-refractivity contribution < 1.29 is 14.6 Å². The van der Waals surface area contributed by atoms with Crippen molar-refractivity contribution in [1.82, 2.24) is 14.1 Å². The zero-order chi connectivity index (χ0) is 28.5. The first-order chi connectivity index (χ1) is 18.6. The van der Waals surface area contributed by atoms with Gasteiger partial charge in [-0.2, -0.15) is 0 Å². The van der Waals surface area contributed by atoms with E-state index in [4.69, 9.17) is 14.5 Å². The Morgan fingerprint density at radius 3 is 2.18 bits per heavy atom. The highest BCUT2D eigenvalue weighted by Gasteiger charge is 2.46. The molecule has 1 saturated heterocycles. The molecule has 1 aromatic carbocycles. The molecule has 214 valence electrons. The Labute approximate surface area is 236 Å². The third-order valence-corrected chi connectivity index (χ3v) is 16.2. The van der Waals surface area contributed by atoms with Crippen molar-refractivity contribution in [3.05, 3.63) is 53.9 Å². The number of ether oxygens (including phenoxy) is 2. The molecule has 0 saturated carbocycles. The van der Waals surface area contributed by atoms with E-state index >= 15 is 0 Å². The summed E-state index contributed by atoms with van der Waals surface area (Å²) in [5.41, 5.74) is 4.80. The fourth-order valence-electron chi connectivity index (χ4n) is 7.63. The normalized spacial score (nSPS) is 19.8. The quantitative estimate of drug-likeness (QED) is 0.269. The second kappa shape index (κ2) is 12.0. The summed E-state index contributed by atoms with van der Waals surface area (Å²) in [6.07, 6.45) is 4.50. The van der Waals surface area contributed by atoms with Gasteiger partial charge in [-0.25, -0.2) is 4.98 Å². The van der Waals surface area contributed by atoms with E-state index in [1.165, 1.54) is 5.56 Å². The molecule has 1 fully saturated rings. The Bertz CT molecular complexity index is 1220. The van der Waals surface area contributed by atoms with Crippen LogP contribution in [0.1, 0.15) is 72.1 Å². The van der Waals surface area contributed by atoms with Crippen molar-refractivity contribution in [2.24, 2.45) is 11.8 Å². The van der Waals surface area contributed by atoms with Gasteiger partial charge in [-0.3, -0.25) is 4.90 Å². The maximum Gasteiger partial charge on any atom is 0.171 e. The average Bonchev–Trinajstić information content (AvgIpc) is 3.33. The molecule has 1 unspecified atom stereocenters. The number of hydrogen-bond acceptors (Lipinski definition) is 5.